The lowest BCUT2D eigenvalue weighted by molar-refractivity contribution is -0.136. The molecule has 4 rings (SSSR count). The van der Waals surface area contributed by atoms with Gasteiger partial charge in [0.25, 0.3) is 0 Å². The first-order valence-corrected chi connectivity index (χ1v) is 13.5. The van der Waals surface area contributed by atoms with Gasteiger partial charge < -0.3 is 14.4 Å². The largest absolute Gasteiger partial charge is 0.481 e. The number of pyridine rings is 1. The standard InChI is InChI=1S/C26H25ClN2O4S2/c1-29(2)23(30)10-12-34-26(35-13-11-24(31)32)19-5-3-4-17-14-22(33-25(17)19)20-9-7-16-6-8-18(27)15-21(16)28-20/h3-9,14-15,26H,10-13H2,1-2H3,(H,31,32). The second-order valence-electron chi connectivity index (χ2n) is 8.17. The van der Waals surface area contributed by atoms with E-state index in [-0.39, 0.29) is 16.9 Å². The molecule has 0 saturated carbocycles. The predicted octanol–water partition coefficient (Wildman–Crippen LogP) is 6.72. The van der Waals surface area contributed by atoms with Crippen LogP contribution in [0.1, 0.15) is 23.0 Å². The Morgan fingerprint density at radius 3 is 2.51 bits per heavy atom. The zero-order chi connectivity index (χ0) is 24.9. The van der Waals surface area contributed by atoms with Crippen molar-refractivity contribution >= 4 is 68.9 Å². The van der Waals surface area contributed by atoms with Crippen molar-refractivity contribution in [2.24, 2.45) is 0 Å². The number of rotatable bonds is 10. The van der Waals surface area contributed by atoms with Crippen LogP contribution in [0.25, 0.3) is 33.3 Å². The molecule has 2 aromatic heterocycles. The third-order valence-electron chi connectivity index (χ3n) is 5.40. The van der Waals surface area contributed by atoms with Crippen molar-refractivity contribution in [1.82, 2.24) is 9.88 Å². The van der Waals surface area contributed by atoms with E-state index in [1.165, 1.54) is 0 Å². The summed E-state index contributed by atoms with van der Waals surface area (Å²) in [5.74, 6) is 0.971. The fourth-order valence-corrected chi connectivity index (χ4v) is 6.45. The molecule has 0 aliphatic heterocycles. The number of carboxylic acid groups (broad SMARTS) is 1. The minimum absolute atomic E-state index is 0.0627. The molecule has 0 saturated heterocycles. The number of nitrogens with zero attached hydrogens (tertiary/aromatic N) is 2. The van der Waals surface area contributed by atoms with Gasteiger partial charge in [0, 0.05) is 53.4 Å². The smallest absolute Gasteiger partial charge is 0.304 e. The van der Waals surface area contributed by atoms with E-state index >= 15 is 0 Å². The fraction of sp³-hybridized carbons (Fsp3) is 0.269. The summed E-state index contributed by atoms with van der Waals surface area (Å²) in [6.07, 6.45) is 0.484. The van der Waals surface area contributed by atoms with Gasteiger partial charge in [0.1, 0.15) is 11.3 Å². The predicted molar refractivity (Wildman–Crippen MR) is 145 cm³/mol. The van der Waals surface area contributed by atoms with Gasteiger partial charge in [-0.05, 0) is 24.3 Å². The van der Waals surface area contributed by atoms with Crippen LogP contribution in [0.4, 0.5) is 0 Å². The van der Waals surface area contributed by atoms with Crippen molar-refractivity contribution in [3.05, 3.63) is 65.2 Å². The van der Waals surface area contributed by atoms with E-state index in [1.807, 2.05) is 54.6 Å². The zero-order valence-electron chi connectivity index (χ0n) is 19.4. The van der Waals surface area contributed by atoms with Crippen LogP contribution >= 0.6 is 35.1 Å². The third kappa shape index (κ3) is 6.31. The molecule has 0 aliphatic rings. The number of hydrogen-bond donors (Lipinski definition) is 1. The Bertz CT molecular complexity index is 1370. The number of aromatic nitrogens is 1. The monoisotopic (exact) mass is 528 g/mol. The van der Waals surface area contributed by atoms with Gasteiger partial charge in [-0.1, -0.05) is 41.9 Å². The second kappa shape index (κ2) is 11.4. The first-order chi connectivity index (χ1) is 16.8. The molecule has 2 aromatic carbocycles. The van der Waals surface area contributed by atoms with E-state index in [0.717, 1.165) is 27.4 Å². The average molecular weight is 529 g/mol. The Labute approximate surface area is 217 Å². The molecule has 0 spiro atoms. The first-order valence-electron chi connectivity index (χ1n) is 11.1. The van der Waals surface area contributed by atoms with Gasteiger partial charge in [-0.15, -0.1) is 23.5 Å². The fourth-order valence-electron chi connectivity index (χ4n) is 3.58. The summed E-state index contributed by atoms with van der Waals surface area (Å²) in [4.78, 5) is 29.4. The van der Waals surface area contributed by atoms with Crippen LogP contribution in [-0.4, -0.2) is 52.5 Å². The molecule has 1 N–H and O–H groups in total. The Kier molecular flexibility index (Phi) is 8.26. The van der Waals surface area contributed by atoms with E-state index in [4.69, 9.17) is 26.1 Å². The summed E-state index contributed by atoms with van der Waals surface area (Å²) in [6, 6.07) is 17.4. The Balaban J connectivity index is 1.64. The van der Waals surface area contributed by atoms with Gasteiger partial charge in [0.05, 0.1) is 16.5 Å². The number of thioether (sulfide) groups is 2. The summed E-state index contributed by atoms with van der Waals surface area (Å²) in [6.45, 7) is 0. The van der Waals surface area contributed by atoms with Gasteiger partial charge in [0.15, 0.2) is 5.76 Å². The van der Waals surface area contributed by atoms with E-state index < -0.39 is 5.97 Å². The molecule has 2 heterocycles. The van der Waals surface area contributed by atoms with Crippen LogP contribution in [-0.2, 0) is 9.59 Å². The molecule has 4 aromatic rings. The van der Waals surface area contributed by atoms with Gasteiger partial charge in [-0.3, -0.25) is 9.59 Å². The van der Waals surface area contributed by atoms with Crippen LogP contribution in [0.15, 0.2) is 59.0 Å². The summed E-state index contributed by atoms with van der Waals surface area (Å²) in [5, 5.41) is 11.7. The van der Waals surface area contributed by atoms with Gasteiger partial charge in [0.2, 0.25) is 5.91 Å². The average Bonchev–Trinajstić information content (AvgIpc) is 3.27. The molecule has 182 valence electrons. The van der Waals surface area contributed by atoms with E-state index in [1.54, 1.807) is 42.5 Å². The topological polar surface area (TPSA) is 83.6 Å². The van der Waals surface area contributed by atoms with E-state index in [9.17, 15) is 9.59 Å². The molecule has 0 aliphatic carbocycles. The molecule has 35 heavy (non-hydrogen) atoms. The highest BCUT2D eigenvalue weighted by atomic mass is 35.5. The number of furan rings is 1. The zero-order valence-corrected chi connectivity index (χ0v) is 21.8. The number of carbonyl (C=O) groups is 2. The van der Waals surface area contributed by atoms with Crippen molar-refractivity contribution in [2.75, 3.05) is 25.6 Å². The lowest BCUT2D eigenvalue weighted by Crippen LogP contribution is -2.21. The van der Waals surface area contributed by atoms with Crippen LogP contribution in [0.2, 0.25) is 5.02 Å². The summed E-state index contributed by atoms with van der Waals surface area (Å²) < 4.78 is 6.25. The number of halogens is 1. The lowest BCUT2D eigenvalue weighted by Gasteiger charge is -2.17. The van der Waals surface area contributed by atoms with Crippen molar-refractivity contribution in [2.45, 2.75) is 17.4 Å². The van der Waals surface area contributed by atoms with Gasteiger partial charge >= 0.3 is 5.97 Å². The summed E-state index contributed by atoms with van der Waals surface area (Å²) in [7, 11) is 3.48. The Hall–Kier alpha value is -2.68. The first kappa shape index (κ1) is 25.4. The van der Waals surface area contributed by atoms with Crippen molar-refractivity contribution in [3.8, 4) is 11.5 Å². The van der Waals surface area contributed by atoms with Crippen molar-refractivity contribution in [1.29, 1.82) is 0 Å². The van der Waals surface area contributed by atoms with Crippen LogP contribution in [0, 0.1) is 0 Å². The van der Waals surface area contributed by atoms with Gasteiger partial charge in [-0.25, -0.2) is 4.98 Å². The SMILES string of the molecule is CN(C)C(=O)CCSC(SCCC(=O)O)c1cccc2cc(-c3ccc4ccc(Cl)cc4n3)oc12. The molecule has 1 unspecified atom stereocenters. The maximum absolute atomic E-state index is 12.0. The second-order valence-corrected chi connectivity index (χ2v) is 11.3. The molecule has 0 fully saturated rings. The maximum atomic E-state index is 12.0. The highest BCUT2D eigenvalue weighted by Crippen LogP contribution is 2.44. The number of fused-ring (bicyclic) bond motifs is 2. The minimum Gasteiger partial charge on any atom is -0.481 e. The molecular weight excluding hydrogens is 504 g/mol. The lowest BCUT2D eigenvalue weighted by atomic mass is 10.1. The molecular formula is C26H25ClN2O4S2. The van der Waals surface area contributed by atoms with Crippen LogP contribution in [0.3, 0.4) is 0 Å². The molecule has 0 bridgehead atoms. The highest BCUT2D eigenvalue weighted by molar-refractivity contribution is 8.16. The number of hydrogen-bond acceptors (Lipinski definition) is 6. The number of para-hydroxylation sites is 1. The third-order valence-corrected chi connectivity index (χ3v) is 8.45. The quantitative estimate of drug-likeness (QED) is 0.229. The summed E-state index contributed by atoms with van der Waals surface area (Å²) in [5.41, 5.74) is 3.21. The summed E-state index contributed by atoms with van der Waals surface area (Å²) >= 11 is 9.33. The molecule has 0 radical (unpaired) electrons. The van der Waals surface area contributed by atoms with Crippen LogP contribution < -0.4 is 0 Å². The van der Waals surface area contributed by atoms with Gasteiger partial charge in [-0.2, -0.15) is 0 Å². The van der Waals surface area contributed by atoms with Crippen molar-refractivity contribution in [3.63, 3.8) is 0 Å². The Morgan fingerprint density at radius 1 is 1.03 bits per heavy atom. The number of carbonyl (C=O) groups excluding carboxylic acids is 1. The molecule has 1 atom stereocenters. The number of benzene rings is 2. The molecule has 9 heteroatoms. The van der Waals surface area contributed by atoms with E-state index in [2.05, 4.69) is 0 Å². The molecule has 6 nitrogen and oxygen atoms in total. The Morgan fingerprint density at radius 2 is 1.77 bits per heavy atom. The number of amides is 1. The van der Waals surface area contributed by atoms with Crippen molar-refractivity contribution < 1.29 is 19.1 Å². The molecule has 1 amide bonds. The number of aliphatic carboxylic acids is 1. The number of carboxylic acids is 1. The minimum atomic E-state index is -0.829. The van der Waals surface area contributed by atoms with E-state index in [0.29, 0.717) is 34.4 Å². The normalized spacial score (nSPS) is 12.2. The van der Waals surface area contributed by atoms with Crippen LogP contribution in [0.5, 0.6) is 0 Å². The highest BCUT2D eigenvalue weighted by Gasteiger charge is 2.20. The maximum Gasteiger partial charge on any atom is 0.304 e.